The number of carbonyl (C=O) groups excluding carboxylic acids is 2. The Kier molecular flexibility index (Phi) is 7.34. The molecule has 4 N–H and O–H groups in total. The van der Waals surface area contributed by atoms with Crippen LogP contribution in [-0.2, 0) is 14.3 Å². The summed E-state index contributed by atoms with van der Waals surface area (Å²) < 4.78 is 5.09. The topological polar surface area (TPSA) is 159 Å². The number of hydrogen-bond donors (Lipinski definition) is 4. The smallest absolute Gasteiger partial charge is 0.408 e. The zero-order valence-corrected chi connectivity index (χ0v) is 15.6. The van der Waals surface area contributed by atoms with Crippen LogP contribution in [0.15, 0.2) is 17.7 Å². The van der Waals surface area contributed by atoms with Crippen LogP contribution >= 0.6 is 11.8 Å². The number of ether oxygens (including phenoxy) is 1. The lowest BCUT2D eigenvalue weighted by atomic mass is 10.0. The largest absolute Gasteiger partial charge is 0.481 e. The second-order valence-electron chi connectivity index (χ2n) is 5.77. The highest BCUT2D eigenvalue weighted by molar-refractivity contribution is 7.99. The molecule has 11 nitrogen and oxygen atoms in total. The summed E-state index contributed by atoms with van der Waals surface area (Å²) in [5.74, 6) is -1.72. The minimum atomic E-state index is -1.02. The quantitative estimate of drug-likeness (QED) is 0.272. The summed E-state index contributed by atoms with van der Waals surface area (Å²) in [4.78, 5) is 49.6. The predicted molar refractivity (Wildman–Crippen MR) is 95.9 cm³/mol. The first-order chi connectivity index (χ1) is 12.9. The molecule has 0 saturated carbocycles. The van der Waals surface area contributed by atoms with Gasteiger partial charge in [-0.25, -0.2) is 19.7 Å². The molecule has 0 saturated heterocycles. The minimum absolute atomic E-state index is 0.0160. The van der Waals surface area contributed by atoms with Crippen LogP contribution in [0.1, 0.15) is 20.3 Å². The van der Waals surface area contributed by atoms with Crippen LogP contribution < -0.4 is 10.6 Å². The zero-order valence-electron chi connectivity index (χ0n) is 14.8. The maximum Gasteiger partial charge on any atom is 0.408 e. The molecule has 0 spiro atoms. The van der Waals surface area contributed by atoms with Crippen LogP contribution in [0.3, 0.4) is 0 Å². The molecule has 0 aliphatic carbocycles. The fourth-order valence-electron chi connectivity index (χ4n) is 2.10. The van der Waals surface area contributed by atoms with E-state index in [0.717, 1.165) is 0 Å². The average molecular weight is 396 g/mol. The Morgan fingerprint density at radius 3 is 2.78 bits per heavy atom. The molecule has 2 aromatic heterocycles. The van der Waals surface area contributed by atoms with Crippen molar-refractivity contribution in [3.8, 4) is 0 Å². The number of carboxylic acid groups (broad SMARTS) is 1. The molecule has 2 heterocycles. The number of H-pyrrole nitrogens is 1. The van der Waals surface area contributed by atoms with Crippen molar-refractivity contribution in [3.05, 3.63) is 12.7 Å². The van der Waals surface area contributed by atoms with E-state index >= 15 is 0 Å². The van der Waals surface area contributed by atoms with E-state index < -0.39 is 24.0 Å². The van der Waals surface area contributed by atoms with Gasteiger partial charge in [0, 0.05) is 6.54 Å². The summed E-state index contributed by atoms with van der Waals surface area (Å²) in [6.45, 7) is 3.50. The van der Waals surface area contributed by atoms with E-state index in [4.69, 9.17) is 9.84 Å². The molecular weight excluding hydrogens is 376 g/mol. The molecule has 12 heteroatoms. The number of carbonyl (C=O) groups is 3. The standard InChI is InChI=1S/C15H20N6O5S/c1-8(2)10(13(24)16-4-3-9(22)23)21-15(25)26-7-27-14-11-12(18-5-17-11)19-6-20-14/h5-6,8,10H,3-4,7H2,1-2H3,(H,16,24)(H,21,25)(H,22,23)(H,17,18,19,20)/t10-/m0/s1. The number of fused-ring (bicyclic) bond motifs is 1. The lowest BCUT2D eigenvalue weighted by molar-refractivity contribution is -0.137. The lowest BCUT2D eigenvalue weighted by Crippen LogP contribution is -2.50. The van der Waals surface area contributed by atoms with E-state index in [1.807, 2.05) is 0 Å². The maximum atomic E-state index is 12.1. The number of aromatic amines is 1. The van der Waals surface area contributed by atoms with Gasteiger partial charge in [0.25, 0.3) is 0 Å². The molecule has 146 valence electrons. The van der Waals surface area contributed by atoms with Crippen LogP contribution in [-0.4, -0.2) is 61.5 Å². The van der Waals surface area contributed by atoms with Gasteiger partial charge >= 0.3 is 12.1 Å². The molecule has 0 radical (unpaired) electrons. The number of aromatic nitrogens is 4. The first-order valence-electron chi connectivity index (χ1n) is 8.08. The van der Waals surface area contributed by atoms with Crippen molar-refractivity contribution >= 4 is 40.9 Å². The van der Waals surface area contributed by atoms with Gasteiger partial charge in [0.1, 0.15) is 28.9 Å². The fourth-order valence-corrected chi connectivity index (χ4v) is 2.79. The highest BCUT2D eigenvalue weighted by atomic mass is 32.2. The molecule has 2 aromatic rings. The monoisotopic (exact) mass is 396 g/mol. The Balaban J connectivity index is 1.82. The van der Waals surface area contributed by atoms with Crippen LogP contribution in [0.4, 0.5) is 4.79 Å². The number of alkyl carbamates (subject to hydrolysis) is 1. The molecule has 2 amide bonds. The van der Waals surface area contributed by atoms with E-state index in [1.54, 1.807) is 13.8 Å². The summed E-state index contributed by atoms with van der Waals surface area (Å²) in [5.41, 5.74) is 1.15. The Morgan fingerprint density at radius 1 is 1.30 bits per heavy atom. The van der Waals surface area contributed by atoms with Gasteiger partial charge in [0.05, 0.1) is 12.7 Å². The molecule has 0 bridgehead atoms. The molecular formula is C15H20N6O5S. The molecule has 0 fully saturated rings. The second-order valence-corrected chi connectivity index (χ2v) is 6.69. The normalized spacial score (nSPS) is 12.0. The summed E-state index contributed by atoms with van der Waals surface area (Å²) in [5, 5.41) is 14.1. The number of aliphatic carboxylic acids is 1. The average Bonchev–Trinajstić information content (AvgIpc) is 3.08. The van der Waals surface area contributed by atoms with Gasteiger partial charge in [-0.15, -0.1) is 0 Å². The maximum absolute atomic E-state index is 12.1. The number of amides is 2. The van der Waals surface area contributed by atoms with Crippen LogP contribution in [0.25, 0.3) is 11.2 Å². The van der Waals surface area contributed by atoms with Crippen molar-refractivity contribution in [2.45, 2.75) is 31.3 Å². The van der Waals surface area contributed by atoms with Crippen molar-refractivity contribution in [3.63, 3.8) is 0 Å². The highest BCUT2D eigenvalue weighted by Gasteiger charge is 2.24. The number of nitrogens with one attached hydrogen (secondary N) is 3. The van der Waals surface area contributed by atoms with Gasteiger partial charge in [-0.2, -0.15) is 0 Å². The molecule has 0 aliphatic heterocycles. The van der Waals surface area contributed by atoms with Crippen molar-refractivity contribution in [1.29, 1.82) is 0 Å². The van der Waals surface area contributed by atoms with Crippen molar-refractivity contribution in [1.82, 2.24) is 30.6 Å². The SMILES string of the molecule is CC(C)[C@H](NC(=O)OCSc1ncnc2nc[nH]c12)C(=O)NCCC(=O)O. The fraction of sp³-hybridized carbons (Fsp3) is 0.467. The van der Waals surface area contributed by atoms with E-state index in [1.165, 1.54) is 24.4 Å². The highest BCUT2D eigenvalue weighted by Crippen LogP contribution is 2.21. The lowest BCUT2D eigenvalue weighted by Gasteiger charge is -2.21. The number of thioether (sulfide) groups is 1. The van der Waals surface area contributed by atoms with Crippen molar-refractivity contribution in [2.24, 2.45) is 5.92 Å². The minimum Gasteiger partial charge on any atom is -0.481 e. The first-order valence-corrected chi connectivity index (χ1v) is 9.06. The second kappa shape index (κ2) is 9.71. The third kappa shape index (κ3) is 6.09. The van der Waals surface area contributed by atoms with E-state index in [9.17, 15) is 14.4 Å². The van der Waals surface area contributed by atoms with Gasteiger partial charge in [0.2, 0.25) is 5.91 Å². The van der Waals surface area contributed by atoms with E-state index in [-0.39, 0.29) is 24.8 Å². The Morgan fingerprint density at radius 2 is 2.07 bits per heavy atom. The van der Waals surface area contributed by atoms with Crippen LogP contribution in [0, 0.1) is 5.92 Å². The van der Waals surface area contributed by atoms with Gasteiger partial charge < -0.3 is 25.5 Å². The van der Waals surface area contributed by atoms with Crippen molar-refractivity contribution < 1.29 is 24.2 Å². The zero-order chi connectivity index (χ0) is 19.8. The van der Waals surface area contributed by atoms with Gasteiger partial charge in [0.15, 0.2) is 5.65 Å². The third-order valence-corrected chi connectivity index (χ3v) is 4.25. The summed E-state index contributed by atoms with van der Waals surface area (Å²) >= 11 is 1.17. The molecule has 2 rings (SSSR count). The van der Waals surface area contributed by atoms with E-state index in [0.29, 0.717) is 16.2 Å². The number of nitrogens with zero attached hydrogens (tertiary/aromatic N) is 3. The van der Waals surface area contributed by atoms with Crippen LogP contribution in [0.2, 0.25) is 0 Å². The molecule has 0 aliphatic rings. The Bertz CT molecular complexity index is 811. The number of rotatable bonds is 9. The summed E-state index contributed by atoms with van der Waals surface area (Å²) in [6.07, 6.45) is 1.90. The molecule has 0 aromatic carbocycles. The summed E-state index contributed by atoms with van der Waals surface area (Å²) in [6, 6.07) is -0.838. The number of imidazole rings is 1. The van der Waals surface area contributed by atoms with Crippen LogP contribution in [0.5, 0.6) is 0 Å². The van der Waals surface area contributed by atoms with Gasteiger partial charge in [-0.05, 0) is 5.92 Å². The van der Waals surface area contributed by atoms with E-state index in [2.05, 4.69) is 30.6 Å². The van der Waals surface area contributed by atoms with Crippen molar-refractivity contribution in [2.75, 3.05) is 12.5 Å². The van der Waals surface area contributed by atoms with Gasteiger partial charge in [-0.3, -0.25) is 9.59 Å². The number of hydrogen-bond acceptors (Lipinski definition) is 8. The van der Waals surface area contributed by atoms with Gasteiger partial charge in [-0.1, -0.05) is 25.6 Å². The molecule has 27 heavy (non-hydrogen) atoms. The summed E-state index contributed by atoms with van der Waals surface area (Å²) in [7, 11) is 0. The molecule has 0 unspecified atom stereocenters. The first kappa shape index (κ1) is 20.4. The third-order valence-electron chi connectivity index (χ3n) is 3.43. The molecule has 1 atom stereocenters. The Labute approximate surface area is 158 Å². The Hall–Kier alpha value is -2.89. The number of carboxylic acids is 1. The predicted octanol–water partition coefficient (Wildman–Crippen LogP) is 0.744.